The van der Waals surface area contributed by atoms with Crippen molar-refractivity contribution in [2.45, 2.75) is 101 Å². The Hall–Kier alpha value is -2.57. The van der Waals surface area contributed by atoms with Crippen LogP contribution >= 0.6 is 0 Å². The van der Waals surface area contributed by atoms with Crippen molar-refractivity contribution in [1.29, 1.82) is 0 Å². The largest absolute Gasteiger partial charge is 1.00 e. The average Bonchev–Trinajstić information content (AvgIpc) is 3.51. The fraction of sp³-hybridized carbons (Fsp3) is 0.576. The van der Waals surface area contributed by atoms with Crippen molar-refractivity contribution >= 4 is 12.1 Å². The van der Waals surface area contributed by atoms with Crippen LogP contribution in [-0.2, 0) is 24.6 Å². The van der Waals surface area contributed by atoms with Crippen molar-refractivity contribution in [1.82, 2.24) is 0 Å². The first-order valence-corrected chi connectivity index (χ1v) is 15.1. The van der Waals surface area contributed by atoms with Crippen LogP contribution in [0, 0.1) is 0 Å². The zero-order chi connectivity index (χ0) is 27.1. The number of rotatable bonds is 11. The lowest BCUT2D eigenvalue weighted by Gasteiger charge is -2.47. The van der Waals surface area contributed by atoms with Gasteiger partial charge in [-0.15, -0.1) is 0 Å². The third-order valence-corrected chi connectivity index (χ3v) is 9.38. The highest BCUT2D eigenvalue weighted by Gasteiger charge is 2.57. The molecule has 2 aromatic rings. The number of quaternary nitrogens is 1. The van der Waals surface area contributed by atoms with E-state index in [0.717, 1.165) is 38.5 Å². The lowest BCUT2D eigenvalue weighted by Crippen LogP contribution is -3.00. The summed E-state index contributed by atoms with van der Waals surface area (Å²) in [6.45, 7) is 4.97. The van der Waals surface area contributed by atoms with Crippen LogP contribution in [0.5, 0.6) is 0 Å². The average molecular weight is 570 g/mol. The van der Waals surface area contributed by atoms with Gasteiger partial charge in [0.25, 0.3) is 5.60 Å². The van der Waals surface area contributed by atoms with Crippen LogP contribution in [0.4, 0.5) is 4.79 Å². The monoisotopic (exact) mass is 569 g/mol. The van der Waals surface area contributed by atoms with Gasteiger partial charge >= 0.3 is 12.1 Å². The molecule has 2 unspecified atom stereocenters. The number of halogens is 1. The summed E-state index contributed by atoms with van der Waals surface area (Å²) in [4.78, 5) is 27.4. The predicted molar refractivity (Wildman–Crippen MR) is 150 cm³/mol. The van der Waals surface area contributed by atoms with Crippen molar-refractivity contribution in [2.75, 3.05) is 19.7 Å². The summed E-state index contributed by atoms with van der Waals surface area (Å²) < 4.78 is 19.1. The summed E-state index contributed by atoms with van der Waals surface area (Å²) in [5.41, 5.74) is -0.621. The van der Waals surface area contributed by atoms with Crippen LogP contribution in [0.15, 0.2) is 60.7 Å². The third-order valence-electron chi connectivity index (χ3n) is 9.38. The van der Waals surface area contributed by atoms with Crippen LogP contribution in [0.2, 0.25) is 0 Å². The van der Waals surface area contributed by atoms with Gasteiger partial charge in [-0.1, -0.05) is 93.3 Å². The van der Waals surface area contributed by atoms with Gasteiger partial charge in [-0.05, 0) is 6.42 Å². The number of hydrogen-bond acceptors (Lipinski definition) is 5. The van der Waals surface area contributed by atoms with Gasteiger partial charge in [0, 0.05) is 49.7 Å². The quantitative estimate of drug-likeness (QED) is 0.233. The van der Waals surface area contributed by atoms with E-state index in [1.807, 2.05) is 60.7 Å². The molecular weight excluding hydrogens is 526 g/mol. The maximum Gasteiger partial charge on any atom is 0.510 e. The van der Waals surface area contributed by atoms with Gasteiger partial charge in [0.15, 0.2) is 0 Å². The van der Waals surface area contributed by atoms with E-state index in [9.17, 15) is 9.59 Å². The molecule has 3 aliphatic heterocycles. The highest BCUT2D eigenvalue weighted by molar-refractivity contribution is 5.88. The summed E-state index contributed by atoms with van der Waals surface area (Å²) in [7, 11) is 0. The van der Waals surface area contributed by atoms with Crippen molar-refractivity contribution in [3.63, 3.8) is 0 Å². The molecule has 3 aliphatic rings. The second-order valence-corrected chi connectivity index (χ2v) is 11.7. The van der Waals surface area contributed by atoms with Crippen molar-refractivity contribution in [3.05, 3.63) is 71.8 Å². The van der Waals surface area contributed by atoms with Crippen LogP contribution < -0.4 is 12.4 Å². The van der Waals surface area contributed by atoms with Crippen molar-refractivity contribution in [3.8, 4) is 0 Å². The highest BCUT2D eigenvalue weighted by atomic mass is 35.5. The molecule has 0 N–H and O–H groups in total. The zero-order valence-electron chi connectivity index (χ0n) is 23.8. The fourth-order valence-corrected chi connectivity index (χ4v) is 7.46. The summed E-state index contributed by atoms with van der Waals surface area (Å²) in [6.07, 6.45) is 11.0. The molecule has 2 atom stereocenters. The number of benzene rings is 2. The lowest BCUT2D eigenvalue weighted by molar-refractivity contribution is -0.956. The molecule has 1 spiro atoms. The fourth-order valence-electron chi connectivity index (χ4n) is 7.46. The number of piperidine rings is 1. The zero-order valence-corrected chi connectivity index (χ0v) is 24.5. The lowest BCUT2D eigenvalue weighted by atomic mass is 9.85. The Morgan fingerprint density at radius 1 is 0.825 bits per heavy atom. The summed E-state index contributed by atoms with van der Waals surface area (Å²) >= 11 is 0. The van der Waals surface area contributed by atoms with Gasteiger partial charge in [0.2, 0.25) is 0 Å². The molecule has 2 bridgehead atoms. The minimum atomic E-state index is -1.74. The minimum Gasteiger partial charge on any atom is -1.00 e. The van der Waals surface area contributed by atoms with E-state index in [4.69, 9.17) is 14.2 Å². The molecule has 0 amide bonds. The third kappa shape index (κ3) is 6.18. The second kappa shape index (κ2) is 13.9. The Kier molecular flexibility index (Phi) is 10.5. The van der Waals surface area contributed by atoms with E-state index < -0.39 is 17.7 Å². The van der Waals surface area contributed by atoms with E-state index in [1.54, 1.807) is 0 Å². The molecular formula is C33H44ClNO5. The summed E-state index contributed by atoms with van der Waals surface area (Å²) in [5.74, 6) is -0.543. The molecule has 0 saturated carbocycles. The standard InChI is InChI=1S/C33H44NO5.ClH/c1-2-3-4-5-14-23-37-32(36)39-33(26-15-8-6-9-16-26,27-17-10-7-11-18-27)31(35)38-30-24-28-19-20-29(25-30)34(28)21-12-13-22-34;/h6-11,15-18,28-30H,2-5,12-14,19-25H2,1H3;1H/q+1;/p-1. The molecule has 3 heterocycles. The highest BCUT2D eigenvalue weighted by Crippen LogP contribution is 2.47. The molecule has 5 rings (SSSR count). The Bertz CT molecular complexity index is 1030. The first-order chi connectivity index (χ1) is 19.1. The maximum atomic E-state index is 14.3. The number of ether oxygens (including phenoxy) is 3. The first kappa shape index (κ1) is 30.4. The van der Waals surface area contributed by atoms with Crippen molar-refractivity contribution < 1.29 is 40.7 Å². The van der Waals surface area contributed by atoms with Crippen LogP contribution in [0.3, 0.4) is 0 Å². The van der Waals surface area contributed by atoms with Crippen LogP contribution in [0.25, 0.3) is 0 Å². The molecule has 3 saturated heterocycles. The second-order valence-electron chi connectivity index (χ2n) is 11.7. The van der Waals surface area contributed by atoms with E-state index >= 15 is 0 Å². The number of hydrogen-bond donors (Lipinski definition) is 0. The molecule has 0 radical (unpaired) electrons. The summed E-state index contributed by atoms with van der Waals surface area (Å²) in [5, 5.41) is 0. The normalized spacial score (nSPS) is 22.9. The molecule has 7 heteroatoms. The SMILES string of the molecule is CCCCCCCOC(=O)OC(C(=O)OC1CC2CCC(C1)[N+]21CCCC1)(c1ccccc1)c1ccccc1.[Cl-]. The molecule has 40 heavy (non-hydrogen) atoms. The van der Waals surface area contributed by atoms with Crippen LogP contribution in [0.1, 0.15) is 88.7 Å². The minimum absolute atomic E-state index is 0. The van der Waals surface area contributed by atoms with Gasteiger partial charge < -0.3 is 31.1 Å². The summed E-state index contributed by atoms with van der Waals surface area (Å²) in [6, 6.07) is 19.6. The van der Waals surface area contributed by atoms with Gasteiger partial charge in [0.05, 0.1) is 31.8 Å². The number of carbonyl (C=O) groups excluding carboxylic acids is 2. The van der Waals surface area contributed by atoms with Gasteiger partial charge in [0.1, 0.15) is 6.10 Å². The van der Waals surface area contributed by atoms with Crippen molar-refractivity contribution in [2.24, 2.45) is 0 Å². The van der Waals surface area contributed by atoms with E-state index in [-0.39, 0.29) is 25.1 Å². The van der Waals surface area contributed by atoms with Gasteiger partial charge in [-0.25, -0.2) is 9.59 Å². The Balaban J connectivity index is 0.00000370. The smallest absolute Gasteiger partial charge is 0.510 e. The number of carbonyl (C=O) groups is 2. The molecule has 2 aromatic carbocycles. The molecule has 0 aromatic heterocycles. The van der Waals surface area contributed by atoms with E-state index in [0.29, 0.717) is 23.2 Å². The number of unbranched alkanes of at least 4 members (excludes halogenated alkanes) is 4. The maximum absolute atomic E-state index is 14.3. The van der Waals surface area contributed by atoms with Crippen LogP contribution in [-0.4, -0.2) is 54.5 Å². The Morgan fingerprint density at radius 3 is 1.93 bits per heavy atom. The first-order valence-electron chi connectivity index (χ1n) is 15.1. The van der Waals surface area contributed by atoms with Gasteiger partial charge in [-0.3, -0.25) is 0 Å². The number of esters is 1. The Labute approximate surface area is 245 Å². The molecule has 0 aliphatic carbocycles. The molecule has 218 valence electrons. The Morgan fingerprint density at radius 2 is 1.38 bits per heavy atom. The van der Waals surface area contributed by atoms with E-state index in [1.165, 1.54) is 49.7 Å². The number of nitrogens with zero attached hydrogens (tertiary/aromatic N) is 1. The molecule has 3 fully saturated rings. The molecule has 6 nitrogen and oxygen atoms in total. The topological polar surface area (TPSA) is 61.8 Å². The predicted octanol–water partition coefficient (Wildman–Crippen LogP) is 3.91. The van der Waals surface area contributed by atoms with Gasteiger partial charge in [-0.2, -0.15) is 0 Å². The van der Waals surface area contributed by atoms with E-state index in [2.05, 4.69) is 6.92 Å².